The number of fused-ring (bicyclic) bond motifs is 1. The van der Waals surface area contributed by atoms with Gasteiger partial charge in [-0.05, 0) is 30.9 Å². The Morgan fingerprint density at radius 1 is 1.41 bits per heavy atom. The first-order valence-electron chi connectivity index (χ1n) is 7.53. The van der Waals surface area contributed by atoms with Crippen molar-refractivity contribution >= 4 is 5.91 Å². The molecule has 1 aromatic heterocycles. The van der Waals surface area contributed by atoms with Crippen molar-refractivity contribution in [3.05, 3.63) is 35.7 Å². The van der Waals surface area contributed by atoms with Gasteiger partial charge in [0.2, 0.25) is 5.91 Å². The number of para-hydroxylation sites is 1. The number of nitrogens with one attached hydrogen (secondary N) is 2. The van der Waals surface area contributed by atoms with E-state index in [0.717, 1.165) is 18.6 Å². The molecule has 0 spiro atoms. The smallest absolute Gasteiger partial charge is 0.220 e. The van der Waals surface area contributed by atoms with E-state index in [1.165, 1.54) is 5.56 Å². The second-order valence-electron chi connectivity index (χ2n) is 5.40. The highest BCUT2D eigenvalue weighted by Crippen LogP contribution is 2.23. The largest absolute Gasteiger partial charge is 0.491 e. The molecule has 1 amide bonds. The molecule has 1 aliphatic heterocycles. The van der Waals surface area contributed by atoms with Gasteiger partial charge in [-0.3, -0.25) is 4.79 Å². The SMILES string of the molecule is O=C(CCCc1nn[nH]n1)NC1CCc2ccccc2OC1. The summed E-state index contributed by atoms with van der Waals surface area (Å²) in [4.78, 5) is 12.0. The topological polar surface area (TPSA) is 92.8 Å². The average Bonchev–Trinajstić information content (AvgIpc) is 2.96. The van der Waals surface area contributed by atoms with E-state index >= 15 is 0 Å². The van der Waals surface area contributed by atoms with Crippen molar-refractivity contribution in [2.24, 2.45) is 0 Å². The third-order valence-electron chi connectivity index (χ3n) is 3.73. The lowest BCUT2D eigenvalue weighted by Crippen LogP contribution is -2.38. The maximum absolute atomic E-state index is 12.0. The van der Waals surface area contributed by atoms with E-state index in [-0.39, 0.29) is 11.9 Å². The molecule has 2 N–H and O–H groups in total. The predicted octanol–water partition coefficient (Wildman–Crippen LogP) is 1.03. The van der Waals surface area contributed by atoms with Crippen molar-refractivity contribution in [1.82, 2.24) is 25.9 Å². The number of tetrazole rings is 1. The predicted molar refractivity (Wildman–Crippen MR) is 79.3 cm³/mol. The Balaban J connectivity index is 1.42. The number of benzene rings is 1. The molecule has 1 unspecified atom stereocenters. The quantitative estimate of drug-likeness (QED) is 0.860. The molecular weight excluding hydrogens is 282 g/mol. The van der Waals surface area contributed by atoms with E-state index in [1.807, 2.05) is 18.2 Å². The zero-order chi connectivity index (χ0) is 15.2. The number of aromatic nitrogens is 4. The summed E-state index contributed by atoms with van der Waals surface area (Å²) >= 11 is 0. The van der Waals surface area contributed by atoms with E-state index < -0.39 is 0 Å². The Bertz CT molecular complexity index is 587. The summed E-state index contributed by atoms with van der Waals surface area (Å²) in [6.07, 6.45) is 3.63. The van der Waals surface area contributed by atoms with Gasteiger partial charge in [-0.25, -0.2) is 0 Å². The second kappa shape index (κ2) is 7.02. The Kier molecular flexibility index (Phi) is 4.62. The van der Waals surface area contributed by atoms with Crippen molar-refractivity contribution in [1.29, 1.82) is 0 Å². The van der Waals surface area contributed by atoms with Crippen LogP contribution in [0.25, 0.3) is 0 Å². The molecule has 3 rings (SSSR count). The lowest BCUT2D eigenvalue weighted by molar-refractivity contribution is -0.122. The van der Waals surface area contributed by atoms with Crippen LogP contribution in [0.1, 0.15) is 30.7 Å². The molecule has 0 radical (unpaired) electrons. The van der Waals surface area contributed by atoms with Gasteiger partial charge in [0, 0.05) is 12.8 Å². The molecule has 116 valence electrons. The minimum Gasteiger partial charge on any atom is -0.491 e. The number of rotatable bonds is 5. The number of carbonyl (C=O) groups is 1. The minimum absolute atomic E-state index is 0.0445. The highest BCUT2D eigenvalue weighted by molar-refractivity contribution is 5.76. The van der Waals surface area contributed by atoms with Crippen molar-refractivity contribution in [3.63, 3.8) is 0 Å². The highest BCUT2D eigenvalue weighted by atomic mass is 16.5. The van der Waals surface area contributed by atoms with Gasteiger partial charge in [-0.1, -0.05) is 23.4 Å². The molecule has 2 heterocycles. The van der Waals surface area contributed by atoms with Gasteiger partial charge in [0.25, 0.3) is 0 Å². The van der Waals surface area contributed by atoms with E-state index in [2.05, 4.69) is 32.0 Å². The number of H-pyrrole nitrogens is 1. The Labute approximate surface area is 128 Å². The van der Waals surface area contributed by atoms with Gasteiger partial charge in [-0.2, -0.15) is 5.21 Å². The summed E-state index contributed by atoms with van der Waals surface area (Å²) in [6.45, 7) is 0.521. The molecule has 1 atom stereocenters. The van der Waals surface area contributed by atoms with E-state index in [1.54, 1.807) is 0 Å². The first-order valence-corrected chi connectivity index (χ1v) is 7.53. The van der Waals surface area contributed by atoms with E-state index in [0.29, 0.717) is 31.7 Å². The maximum Gasteiger partial charge on any atom is 0.220 e. The van der Waals surface area contributed by atoms with Gasteiger partial charge in [0.15, 0.2) is 5.82 Å². The molecule has 0 fully saturated rings. The highest BCUT2D eigenvalue weighted by Gasteiger charge is 2.18. The van der Waals surface area contributed by atoms with Crippen molar-refractivity contribution in [2.45, 2.75) is 38.1 Å². The molecule has 1 aliphatic rings. The van der Waals surface area contributed by atoms with Crippen LogP contribution in [0.5, 0.6) is 5.75 Å². The lowest BCUT2D eigenvalue weighted by Gasteiger charge is -2.16. The fourth-order valence-corrected chi connectivity index (χ4v) is 2.56. The summed E-state index contributed by atoms with van der Waals surface area (Å²) in [7, 11) is 0. The van der Waals surface area contributed by atoms with Crippen LogP contribution in [0.2, 0.25) is 0 Å². The molecular formula is C15H19N5O2. The third kappa shape index (κ3) is 3.81. The number of nitrogens with zero attached hydrogens (tertiary/aromatic N) is 3. The van der Waals surface area contributed by atoms with Crippen LogP contribution < -0.4 is 10.1 Å². The van der Waals surface area contributed by atoms with Crippen LogP contribution in [-0.4, -0.2) is 39.2 Å². The van der Waals surface area contributed by atoms with Crippen LogP contribution in [0.4, 0.5) is 0 Å². The standard InChI is InChI=1S/C15H19N5O2/c21-15(7-3-6-14-17-19-20-18-14)16-12-9-8-11-4-1-2-5-13(11)22-10-12/h1-2,4-5,12H,3,6-10H2,(H,16,21)(H,17,18,19,20). The Hall–Kier alpha value is -2.44. The number of aryl methyl sites for hydroxylation is 2. The molecule has 0 saturated heterocycles. The first kappa shape index (κ1) is 14.5. The van der Waals surface area contributed by atoms with Gasteiger partial charge in [0.05, 0.1) is 6.04 Å². The number of aromatic amines is 1. The molecule has 22 heavy (non-hydrogen) atoms. The molecule has 0 saturated carbocycles. The zero-order valence-electron chi connectivity index (χ0n) is 12.3. The maximum atomic E-state index is 12.0. The number of carbonyl (C=O) groups excluding carboxylic acids is 1. The fourth-order valence-electron chi connectivity index (χ4n) is 2.56. The zero-order valence-corrected chi connectivity index (χ0v) is 12.3. The van der Waals surface area contributed by atoms with Crippen molar-refractivity contribution < 1.29 is 9.53 Å². The van der Waals surface area contributed by atoms with E-state index in [4.69, 9.17) is 4.74 Å². The fraction of sp³-hybridized carbons (Fsp3) is 0.467. The second-order valence-corrected chi connectivity index (χ2v) is 5.40. The number of hydrogen-bond acceptors (Lipinski definition) is 5. The lowest BCUT2D eigenvalue weighted by atomic mass is 10.1. The van der Waals surface area contributed by atoms with Gasteiger partial charge >= 0.3 is 0 Å². The molecule has 2 aromatic rings. The third-order valence-corrected chi connectivity index (χ3v) is 3.73. The van der Waals surface area contributed by atoms with Crippen molar-refractivity contribution in [3.8, 4) is 5.75 Å². The molecule has 0 bridgehead atoms. The summed E-state index contributed by atoms with van der Waals surface area (Å²) in [5, 5.41) is 16.7. The molecule has 1 aromatic carbocycles. The average molecular weight is 301 g/mol. The van der Waals surface area contributed by atoms with Crippen LogP contribution >= 0.6 is 0 Å². The van der Waals surface area contributed by atoms with Crippen LogP contribution in [0, 0.1) is 0 Å². The monoisotopic (exact) mass is 301 g/mol. The van der Waals surface area contributed by atoms with Gasteiger partial charge in [-0.15, -0.1) is 10.2 Å². The van der Waals surface area contributed by atoms with E-state index in [9.17, 15) is 4.79 Å². The number of hydrogen-bond donors (Lipinski definition) is 2. The summed E-state index contributed by atoms with van der Waals surface area (Å²) < 4.78 is 5.78. The molecule has 7 heteroatoms. The van der Waals surface area contributed by atoms with Gasteiger partial charge in [0.1, 0.15) is 12.4 Å². The summed E-state index contributed by atoms with van der Waals surface area (Å²) in [6, 6.07) is 8.09. The number of amides is 1. The first-order chi connectivity index (χ1) is 10.8. The summed E-state index contributed by atoms with van der Waals surface area (Å²) in [5.74, 6) is 1.61. The van der Waals surface area contributed by atoms with Crippen LogP contribution in [-0.2, 0) is 17.6 Å². The van der Waals surface area contributed by atoms with Crippen LogP contribution in [0.3, 0.4) is 0 Å². The van der Waals surface area contributed by atoms with Crippen LogP contribution in [0.15, 0.2) is 24.3 Å². The Morgan fingerprint density at radius 3 is 3.18 bits per heavy atom. The summed E-state index contributed by atoms with van der Waals surface area (Å²) in [5.41, 5.74) is 1.20. The minimum atomic E-state index is 0.0445. The number of ether oxygens (including phenoxy) is 1. The Morgan fingerprint density at radius 2 is 2.32 bits per heavy atom. The molecule has 7 nitrogen and oxygen atoms in total. The normalized spacial score (nSPS) is 17.2. The van der Waals surface area contributed by atoms with Gasteiger partial charge < -0.3 is 10.1 Å². The van der Waals surface area contributed by atoms with Crippen molar-refractivity contribution in [2.75, 3.05) is 6.61 Å². The molecule has 0 aliphatic carbocycles.